The van der Waals surface area contributed by atoms with Gasteiger partial charge in [-0.2, -0.15) is 0 Å². The van der Waals surface area contributed by atoms with E-state index in [4.69, 9.17) is 4.74 Å². The summed E-state index contributed by atoms with van der Waals surface area (Å²) < 4.78 is 4.93. The molecule has 0 atom stereocenters. The first-order chi connectivity index (χ1) is 9.38. The Hall–Kier alpha value is -2.11. The molecule has 0 unspecified atom stereocenters. The van der Waals surface area contributed by atoms with Gasteiger partial charge in [0, 0.05) is 12.1 Å². The molecule has 1 rings (SSSR count). The van der Waals surface area contributed by atoms with Crippen LogP contribution in [0.2, 0.25) is 0 Å². The molecule has 1 aromatic rings. The minimum atomic E-state index is -0.428. The molecule has 0 heterocycles. The zero-order valence-corrected chi connectivity index (χ0v) is 12.3. The summed E-state index contributed by atoms with van der Waals surface area (Å²) in [5.74, 6) is -0.390. The number of benzene rings is 1. The Morgan fingerprint density at radius 2 is 2.10 bits per heavy atom. The molecule has 1 aromatic carbocycles. The largest absolute Gasteiger partial charge is 0.465 e. The minimum Gasteiger partial charge on any atom is -0.465 e. The predicted molar refractivity (Wildman–Crippen MR) is 76.9 cm³/mol. The van der Waals surface area contributed by atoms with Crippen LogP contribution in [0.5, 0.6) is 0 Å². The maximum absolute atomic E-state index is 11.7. The van der Waals surface area contributed by atoms with Crippen LogP contribution >= 0.6 is 0 Å². The third kappa shape index (κ3) is 3.69. The molecule has 20 heavy (non-hydrogen) atoms. The van der Waals surface area contributed by atoms with Crippen molar-refractivity contribution >= 4 is 17.3 Å². The number of para-hydroxylation sites is 1. The van der Waals surface area contributed by atoms with Gasteiger partial charge in [-0.05, 0) is 33.3 Å². The van der Waals surface area contributed by atoms with Crippen LogP contribution in [0.25, 0.3) is 0 Å². The molecule has 0 saturated heterocycles. The van der Waals surface area contributed by atoms with Crippen molar-refractivity contribution < 1.29 is 14.5 Å². The molecule has 0 bridgehead atoms. The van der Waals surface area contributed by atoms with Crippen molar-refractivity contribution in [2.45, 2.75) is 33.7 Å². The second-order valence-electron chi connectivity index (χ2n) is 4.73. The lowest BCUT2D eigenvalue weighted by atomic mass is 10.1. The molecule has 0 radical (unpaired) electrons. The van der Waals surface area contributed by atoms with E-state index in [1.54, 1.807) is 30.9 Å². The highest BCUT2D eigenvalue weighted by Gasteiger charge is 2.25. The second kappa shape index (κ2) is 6.88. The number of aryl methyl sites for hydroxylation is 1. The summed E-state index contributed by atoms with van der Waals surface area (Å²) in [7, 11) is 0. The molecule has 110 valence electrons. The van der Waals surface area contributed by atoms with Gasteiger partial charge in [-0.1, -0.05) is 12.1 Å². The zero-order valence-electron chi connectivity index (χ0n) is 12.3. The van der Waals surface area contributed by atoms with E-state index in [1.165, 1.54) is 6.07 Å². The van der Waals surface area contributed by atoms with Gasteiger partial charge in [-0.25, -0.2) is 0 Å². The van der Waals surface area contributed by atoms with Crippen molar-refractivity contribution in [1.82, 2.24) is 0 Å². The Morgan fingerprint density at radius 1 is 1.45 bits per heavy atom. The summed E-state index contributed by atoms with van der Waals surface area (Å²) >= 11 is 0. The van der Waals surface area contributed by atoms with E-state index >= 15 is 0 Å². The SMILES string of the molecule is CCOC(=O)CN(c1c(C)cccc1[N+](=O)[O-])C(C)C. The van der Waals surface area contributed by atoms with Crippen molar-refractivity contribution in [3.63, 3.8) is 0 Å². The van der Waals surface area contributed by atoms with Crippen molar-refractivity contribution in [2.75, 3.05) is 18.1 Å². The van der Waals surface area contributed by atoms with Crippen molar-refractivity contribution in [2.24, 2.45) is 0 Å². The molecule has 0 aromatic heterocycles. The van der Waals surface area contributed by atoms with Crippen LogP contribution in [0.3, 0.4) is 0 Å². The number of nitro benzene ring substituents is 1. The summed E-state index contributed by atoms with van der Waals surface area (Å²) in [6, 6.07) is 4.82. The van der Waals surface area contributed by atoms with E-state index < -0.39 is 10.9 Å². The fraction of sp³-hybridized carbons (Fsp3) is 0.500. The highest BCUT2D eigenvalue weighted by atomic mass is 16.6. The van der Waals surface area contributed by atoms with Crippen LogP contribution in [0, 0.1) is 17.0 Å². The fourth-order valence-corrected chi connectivity index (χ4v) is 2.03. The van der Waals surface area contributed by atoms with Gasteiger partial charge >= 0.3 is 5.97 Å². The van der Waals surface area contributed by atoms with Crippen molar-refractivity contribution in [3.05, 3.63) is 33.9 Å². The number of esters is 1. The fourth-order valence-electron chi connectivity index (χ4n) is 2.03. The molecule has 6 heteroatoms. The zero-order chi connectivity index (χ0) is 15.3. The first-order valence-corrected chi connectivity index (χ1v) is 6.54. The lowest BCUT2D eigenvalue weighted by Gasteiger charge is -2.28. The average Bonchev–Trinajstić information content (AvgIpc) is 2.36. The van der Waals surface area contributed by atoms with Gasteiger partial charge in [-0.15, -0.1) is 0 Å². The number of nitro groups is 1. The lowest BCUT2D eigenvalue weighted by molar-refractivity contribution is -0.384. The molecule has 6 nitrogen and oxygen atoms in total. The number of hydrogen-bond donors (Lipinski definition) is 0. The number of hydrogen-bond acceptors (Lipinski definition) is 5. The average molecular weight is 280 g/mol. The number of nitrogens with zero attached hydrogens (tertiary/aromatic N) is 2. The molecule has 0 saturated carbocycles. The molecule has 0 fully saturated rings. The smallest absolute Gasteiger partial charge is 0.325 e. The van der Waals surface area contributed by atoms with Gasteiger partial charge in [-0.3, -0.25) is 14.9 Å². The molecule has 0 N–H and O–H groups in total. The topological polar surface area (TPSA) is 72.7 Å². The van der Waals surface area contributed by atoms with E-state index in [0.717, 1.165) is 5.56 Å². The molecular weight excluding hydrogens is 260 g/mol. The number of carbonyl (C=O) groups excluding carboxylic acids is 1. The Morgan fingerprint density at radius 3 is 2.60 bits per heavy atom. The van der Waals surface area contributed by atoms with Crippen LogP contribution in [-0.4, -0.2) is 30.1 Å². The Labute approximate surface area is 118 Å². The molecule has 0 aliphatic heterocycles. The molecular formula is C14H20N2O4. The summed E-state index contributed by atoms with van der Waals surface area (Å²) in [5, 5.41) is 11.2. The first-order valence-electron chi connectivity index (χ1n) is 6.54. The molecule has 0 aliphatic rings. The molecule has 0 spiro atoms. The van der Waals surface area contributed by atoms with E-state index in [2.05, 4.69) is 0 Å². The number of anilines is 1. The highest BCUT2D eigenvalue weighted by molar-refractivity contribution is 5.79. The van der Waals surface area contributed by atoms with E-state index in [0.29, 0.717) is 12.3 Å². The van der Waals surface area contributed by atoms with Crippen LogP contribution < -0.4 is 4.90 Å². The van der Waals surface area contributed by atoms with Crippen molar-refractivity contribution in [1.29, 1.82) is 0 Å². The standard InChI is InChI=1S/C14H20N2O4/c1-5-20-13(17)9-15(10(2)3)14-11(4)7-6-8-12(14)16(18)19/h6-8,10H,5,9H2,1-4H3. The maximum atomic E-state index is 11.7. The van der Waals surface area contributed by atoms with E-state index in [-0.39, 0.29) is 18.3 Å². The predicted octanol–water partition coefficient (Wildman–Crippen LogP) is 2.68. The van der Waals surface area contributed by atoms with Gasteiger partial charge < -0.3 is 9.64 Å². The number of ether oxygens (including phenoxy) is 1. The van der Waals surface area contributed by atoms with Crippen LogP contribution in [0.1, 0.15) is 26.3 Å². The summed E-state index contributed by atoms with van der Waals surface area (Å²) in [6.07, 6.45) is 0. The summed E-state index contributed by atoms with van der Waals surface area (Å²) in [5.41, 5.74) is 1.24. The Balaban J connectivity index is 3.21. The van der Waals surface area contributed by atoms with E-state index in [1.807, 2.05) is 13.8 Å². The molecule has 0 aliphatic carbocycles. The van der Waals surface area contributed by atoms with Gasteiger partial charge in [0.15, 0.2) is 0 Å². The summed E-state index contributed by atoms with van der Waals surface area (Å²) in [4.78, 5) is 24.1. The molecule has 0 amide bonds. The monoisotopic (exact) mass is 280 g/mol. The highest BCUT2D eigenvalue weighted by Crippen LogP contribution is 2.32. The quantitative estimate of drug-likeness (QED) is 0.455. The van der Waals surface area contributed by atoms with Crippen LogP contribution in [-0.2, 0) is 9.53 Å². The van der Waals surface area contributed by atoms with E-state index in [9.17, 15) is 14.9 Å². The number of rotatable bonds is 6. The van der Waals surface area contributed by atoms with Crippen LogP contribution in [0.4, 0.5) is 11.4 Å². The van der Waals surface area contributed by atoms with Gasteiger partial charge in [0.25, 0.3) is 5.69 Å². The normalized spacial score (nSPS) is 10.4. The van der Waals surface area contributed by atoms with Crippen LogP contribution in [0.15, 0.2) is 18.2 Å². The third-order valence-electron chi connectivity index (χ3n) is 2.93. The van der Waals surface area contributed by atoms with Crippen molar-refractivity contribution in [3.8, 4) is 0 Å². The van der Waals surface area contributed by atoms with Gasteiger partial charge in [0.1, 0.15) is 12.2 Å². The summed E-state index contributed by atoms with van der Waals surface area (Å²) in [6.45, 7) is 7.58. The Bertz CT molecular complexity index is 500. The number of carbonyl (C=O) groups is 1. The minimum absolute atomic E-state index is 0.00278. The van der Waals surface area contributed by atoms with Gasteiger partial charge in [0.05, 0.1) is 11.5 Å². The third-order valence-corrected chi connectivity index (χ3v) is 2.93. The second-order valence-corrected chi connectivity index (χ2v) is 4.73. The van der Waals surface area contributed by atoms with Gasteiger partial charge in [0.2, 0.25) is 0 Å². The Kier molecular flexibility index (Phi) is 5.49. The first kappa shape index (κ1) is 15.9. The maximum Gasteiger partial charge on any atom is 0.325 e. The lowest BCUT2D eigenvalue weighted by Crippen LogP contribution is -2.37.